The van der Waals surface area contributed by atoms with Crippen LogP contribution in [0.15, 0.2) is 462 Å². The highest BCUT2D eigenvalue weighted by Gasteiger charge is 2.25. The fourth-order valence-corrected chi connectivity index (χ4v) is 21.0. The van der Waals surface area contributed by atoms with Crippen LogP contribution in [0.5, 0.6) is 0 Å². The van der Waals surface area contributed by atoms with E-state index in [4.69, 9.17) is 13.3 Å². The lowest BCUT2D eigenvalue weighted by molar-refractivity contribution is 0.668. The fourth-order valence-electron chi connectivity index (χ4n) is 21.0. The predicted octanol–water partition coefficient (Wildman–Crippen LogP) is 32.7. The van der Waals surface area contributed by atoms with Gasteiger partial charge in [0.05, 0.1) is 66.2 Å². The molecule has 0 atom stereocenters. The number of para-hydroxylation sites is 10. The molecule has 602 valence electrons. The largest absolute Gasteiger partial charge is 0.456 e. The Labute approximate surface area is 737 Å². The molecule has 0 amide bonds. The van der Waals surface area contributed by atoms with Gasteiger partial charge in [0.15, 0.2) is 0 Å². The molecule has 129 heavy (non-hydrogen) atoms. The maximum absolute atomic E-state index is 6.32. The maximum atomic E-state index is 6.32. The van der Waals surface area contributed by atoms with Crippen LogP contribution in [0.25, 0.3) is 253 Å². The van der Waals surface area contributed by atoms with Crippen LogP contribution in [0.1, 0.15) is 0 Å². The van der Waals surface area contributed by atoms with Gasteiger partial charge in [-0.2, -0.15) is 0 Å². The lowest BCUT2D eigenvalue weighted by Gasteiger charge is -2.11. The van der Waals surface area contributed by atoms with E-state index in [2.05, 4.69) is 440 Å². The molecule has 9 nitrogen and oxygen atoms in total. The third-order valence-corrected chi connectivity index (χ3v) is 26.7. The van der Waals surface area contributed by atoms with Gasteiger partial charge in [-0.15, -0.1) is 0 Å². The van der Waals surface area contributed by atoms with Crippen molar-refractivity contribution in [2.45, 2.75) is 0 Å². The van der Waals surface area contributed by atoms with Gasteiger partial charge in [-0.3, -0.25) is 0 Å². The average Bonchev–Trinajstić information content (AvgIpc) is 1.56. The van der Waals surface area contributed by atoms with Crippen LogP contribution in [0.3, 0.4) is 0 Å². The van der Waals surface area contributed by atoms with E-state index < -0.39 is 0 Å². The van der Waals surface area contributed by atoms with Gasteiger partial charge in [0.2, 0.25) is 0 Å². The minimum atomic E-state index is 0.899. The van der Waals surface area contributed by atoms with Crippen molar-refractivity contribution >= 4 is 197 Å². The Balaban J connectivity index is 0.000000100. The monoisotopic (exact) mass is 1650 g/mol. The van der Waals surface area contributed by atoms with Crippen LogP contribution in [-0.2, 0) is 0 Å². The minimum absolute atomic E-state index is 0.899. The molecule has 0 unspecified atom stereocenters. The predicted molar refractivity (Wildman–Crippen MR) is 538 cm³/mol. The smallest absolute Gasteiger partial charge is 0.137 e. The van der Waals surface area contributed by atoms with Gasteiger partial charge in [0.25, 0.3) is 0 Å². The Hall–Kier alpha value is -17.4. The van der Waals surface area contributed by atoms with Crippen LogP contribution in [0.2, 0.25) is 0 Å². The number of fused-ring (bicyclic) bond motifs is 27. The van der Waals surface area contributed by atoms with E-state index in [-0.39, 0.29) is 0 Å². The van der Waals surface area contributed by atoms with Gasteiger partial charge < -0.3 is 40.7 Å². The Morgan fingerprint density at radius 1 is 0.109 bits per heavy atom. The number of hydrogen-bond acceptors (Lipinski definition) is 3. The van der Waals surface area contributed by atoms with Gasteiger partial charge in [-0.1, -0.05) is 267 Å². The Morgan fingerprint density at radius 3 is 0.682 bits per heavy atom. The molecule has 0 aliphatic carbocycles. The molecule has 0 saturated heterocycles. The molecule has 9 heteroatoms. The Bertz CT molecular complexity index is 9640. The molecule has 9 aromatic heterocycles. The quantitative estimate of drug-likeness (QED) is 0.152. The molecule has 0 spiro atoms. The van der Waals surface area contributed by atoms with Crippen molar-refractivity contribution in [3.05, 3.63) is 449 Å². The van der Waals surface area contributed by atoms with Crippen LogP contribution in [0.4, 0.5) is 0 Å². The molecule has 0 aliphatic heterocycles. The molecule has 29 rings (SSSR count). The molecule has 0 bridgehead atoms. The van der Waals surface area contributed by atoms with Crippen LogP contribution in [-0.4, -0.2) is 27.4 Å². The van der Waals surface area contributed by atoms with E-state index in [1.807, 2.05) is 36.4 Å². The number of aromatic nitrogens is 6. The number of hydrogen-bond donors (Lipinski definition) is 0. The van der Waals surface area contributed by atoms with Crippen LogP contribution < -0.4 is 0 Å². The number of rotatable bonds is 8. The highest BCUT2D eigenvalue weighted by atomic mass is 16.3. The third-order valence-electron chi connectivity index (χ3n) is 26.7. The Morgan fingerprint density at radius 2 is 0.333 bits per heavy atom. The summed E-state index contributed by atoms with van der Waals surface area (Å²) in [5.74, 6) is 0. The Kier molecular flexibility index (Phi) is 16.0. The second kappa shape index (κ2) is 28.6. The molecular formula is C120H74N6O3. The lowest BCUT2D eigenvalue weighted by Crippen LogP contribution is -1.95. The van der Waals surface area contributed by atoms with Crippen molar-refractivity contribution in [3.63, 3.8) is 0 Å². The van der Waals surface area contributed by atoms with E-state index in [1.165, 1.54) is 153 Å². The average molecular weight is 1650 g/mol. The first kappa shape index (κ1) is 72.1. The van der Waals surface area contributed by atoms with Crippen molar-refractivity contribution in [1.82, 2.24) is 27.4 Å². The molecule has 29 aromatic rings. The summed E-state index contributed by atoms with van der Waals surface area (Å²) in [7, 11) is 0. The van der Waals surface area contributed by atoms with Gasteiger partial charge in [-0.25, -0.2) is 0 Å². The SMILES string of the molecule is c1ccc(-c2ccc(-n3c4ccccc4c4cc5c(cc43)c3ccccc3n5-c3ccc4c(c3)oc3ccccc34)cc2)cc1.c1ccc(-c2cccc(-n3c4ccccc4c4cc5c(cc43)c3ccccc3n5-c3ccc4c(c3)oc3ccccc34)c2)cc1.c1ccc(-n2c3ccccc3c3cc4c5ccccc5n(-c5ccc6c(c5)oc5ccccc56)c4cc32)cc1. The molecule has 0 saturated carbocycles. The van der Waals surface area contributed by atoms with E-state index in [1.54, 1.807) is 0 Å². The molecule has 0 N–H and O–H groups in total. The summed E-state index contributed by atoms with van der Waals surface area (Å²) >= 11 is 0. The molecule has 9 heterocycles. The second-order valence-electron chi connectivity index (χ2n) is 33.8. The van der Waals surface area contributed by atoms with Crippen molar-refractivity contribution in [1.29, 1.82) is 0 Å². The molecule has 0 fully saturated rings. The first-order valence-corrected chi connectivity index (χ1v) is 44.0. The summed E-state index contributed by atoms with van der Waals surface area (Å²) in [4.78, 5) is 0. The lowest BCUT2D eigenvalue weighted by atomic mass is 10.1. The topological polar surface area (TPSA) is 69.0 Å². The maximum Gasteiger partial charge on any atom is 0.137 e. The number of nitrogens with zero attached hydrogens (tertiary/aromatic N) is 6. The zero-order valence-electron chi connectivity index (χ0n) is 69.6. The molecule has 0 radical (unpaired) electrons. The van der Waals surface area contributed by atoms with Crippen molar-refractivity contribution in [2.75, 3.05) is 0 Å². The van der Waals surface area contributed by atoms with Gasteiger partial charge >= 0.3 is 0 Å². The number of benzene rings is 20. The van der Waals surface area contributed by atoms with Gasteiger partial charge in [0, 0.05) is 149 Å². The number of furan rings is 3. The zero-order valence-corrected chi connectivity index (χ0v) is 69.6. The summed E-state index contributed by atoms with van der Waals surface area (Å²) in [6.45, 7) is 0. The van der Waals surface area contributed by atoms with Gasteiger partial charge in [0.1, 0.15) is 33.5 Å². The van der Waals surface area contributed by atoms with Crippen LogP contribution in [0, 0.1) is 0 Å². The second-order valence-corrected chi connectivity index (χ2v) is 33.8. The van der Waals surface area contributed by atoms with Crippen molar-refractivity contribution < 1.29 is 13.3 Å². The first-order valence-electron chi connectivity index (χ1n) is 44.0. The van der Waals surface area contributed by atoms with Crippen molar-refractivity contribution in [2.24, 2.45) is 0 Å². The minimum Gasteiger partial charge on any atom is -0.456 e. The summed E-state index contributed by atoms with van der Waals surface area (Å²) in [6, 6.07) is 161. The first-order chi connectivity index (χ1) is 64.0. The van der Waals surface area contributed by atoms with Crippen LogP contribution >= 0.6 is 0 Å². The van der Waals surface area contributed by atoms with Crippen molar-refractivity contribution in [3.8, 4) is 56.4 Å². The standard InChI is InChI=1S/2C42H26N2O.C36H22N2O/c1-2-11-27(12-3-1)28-13-10-14-29(23-28)43-37-18-7-4-15-31(37)35-26-40-36(25-39(35)43)32-16-5-8-19-38(32)44(40)30-21-22-34-33-17-6-9-20-41(33)45-42(34)24-30;1-2-10-27(11-3-1)28-18-20-29(21-19-28)43-37-15-7-4-12-31(37)35-26-40-36(25-39(35)43)32-13-5-8-16-38(32)44(40)30-22-23-34-33-14-6-9-17-41(33)45-42(34)24-30;1-2-10-23(11-3-1)37-31-15-7-4-12-25(31)29-21-30-26-13-5-8-16-32(26)38(34(30)22-33(29)37)24-18-19-28-27-14-6-9-17-35(27)39-36(28)20-24/h2*1-26H;1-22H. The van der Waals surface area contributed by atoms with Gasteiger partial charge in [-0.05, 0) is 186 Å². The third kappa shape index (κ3) is 11.2. The molecule has 0 aliphatic rings. The van der Waals surface area contributed by atoms with E-state index in [9.17, 15) is 0 Å². The van der Waals surface area contributed by atoms with E-state index in [0.717, 1.165) is 99.9 Å². The summed E-state index contributed by atoms with van der Waals surface area (Å²) in [6.07, 6.45) is 0. The highest BCUT2D eigenvalue weighted by Crippen LogP contribution is 2.47. The highest BCUT2D eigenvalue weighted by molar-refractivity contribution is 6.23. The summed E-state index contributed by atoms with van der Waals surface area (Å²) in [5, 5.41) is 21.7. The fraction of sp³-hybridized carbons (Fsp3) is 0. The summed E-state index contributed by atoms with van der Waals surface area (Å²) in [5.41, 5.74) is 31.3. The van der Waals surface area contributed by atoms with E-state index >= 15 is 0 Å². The zero-order chi connectivity index (χ0) is 84.5. The normalized spacial score (nSPS) is 12.0. The molecular weight excluding hydrogens is 1570 g/mol. The van der Waals surface area contributed by atoms with E-state index in [0.29, 0.717) is 0 Å². The molecule has 20 aromatic carbocycles. The summed E-state index contributed by atoms with van der Waals surface area (Å²) < 4.78 is 33.3.